The Balaban J connectivity index is 1.25. The van der Waals surface area contributed by atoms with Crippen molar-refractivity contribution in [1.82, 2.24) is 29.9 Å². The number of halogens is 1. The lowest BCUT2D eigenvalue weighted by Gasteiger charge is -2.08. The fourth-order valence-corrected chi connectivity index (χ4v) is 5.61. The van der Waals surface area contributed by atoms with Crippen LogP contribution >= 0.6 is 0 Å². The van der Waals surface area contributed by atoms with Gasteiger partial charge < -0.3 is 10.3 Å². The van der Waals surface area contributed by atoms with E-state index >= 15 is 0 Å². The van der Waals surface area contributed by atoms with E-state index in [9.17, 15) is 17.6 Å². The topological polar surface area (TPSA) is 146 Å². The second-order valence-electron chi connectivity index (χ2n) is 10.8. The molecule has 10 nitrogen and oxygen atoms in total. The summed E-state index contributed by atoms with van der Waals surface area (Å²) >= 11 is 0. The fourth-order valence-electron chi connectivity index (χ4n) is 5.18. The maximum atomic E-state index is 14.6. The summed E-state index contributed by atoms with van der Waals surface area (Å²) in [5.74, 6) is -0.349. The van der Waals surface area contributed by atoms with Gasteiger partial charge in [0.25, 0.3) is 0 Å². The molecule has 1 saturated carbocycles. The number of anilines is 1. The molecule has 43 heavy (non-hydrogen) atoms. The first kappa shape index (κ1) is 26.9. The average Bonchev–Trinajstić information content (AvgIpc) is 3.61. The van der Waals surface area contributed by atoms with Crippen molar-refractivity contribution >= 4 is 43.6 Å². The maximum Gasteiger partial charge on any atom is 0.227 e. The largest absolute Gasteiger partial charge is 0.338 e. The number of aromatic nitrogens is 5. The van der Waals surface area contributed by atoms with E-state index in [2.05, 4.69) is 35.2 Å². The van der Waals surface area contributed by atoms with Crippen LogP contribution in [-0.2, 0) is 21.4 Å². The lowest BCUT2D eigenvalue weighted by Crippen LogP contribution is -2.21. The Hall–Kier alpha value is -4.94. The monoisotopic (exact) mass is 595 g/mol. The molecule has 1 fully saturated rings. The Morgan fingerprint density at radius 3 is 2.67 bits per heavy atom. The van der Waals surface area contributed by atoms with Crippen molar-refractivity contribution < 1.29 is 17.6 Å². The Labute approximate surface area is 245 Å². The number of nitrogens with zero attached hydrogens (tertiary/aromatic N) is 3. The van der Waals surface area contributed by atoms with Crippen LogP contribution in [0.3, 0.4) is 0 Å². The summed E-state index contributed by atoms with van der Waals surface area (Å²) in [5.41, 5.74) is 7.10. The average molecular weight is 596 g/mol. The number of benzene rings is 2. The molecule has 4 heterocycles. The molecule has 4 aromatic heterocycles. The van der Waals surface area contributed by atoms with Gasteiger partial charge in [0.15, 0.2) is 0 Å². The molecule has 4 N–H and O–H groups in total. The number of nitrogens with one attached hydrogen (secondary N) is 4. The zero-order valence-electron chi connectivity index (χ0n) is 23.0. The van der Waals surface area contributed by atoms with Crippen molar-refractivity contribution in [3.8, 4) is 33.6 Å². The van der Waals surface area contributed by atoms with E-state index in [-0.39, 0.29) is 18.4 Å². The molecular formula is C31H26FN7O3S. The van der Waals surface area contributed by atoms with Gasteiger partial charge in [-0.15, -0.1) is 0 Å². The molecule has 0 radical (unpaired) electrons. The van der Waals surface area contributed by atoms with Crippen LogP contribution in [0.4, 0.5) is 10.1 Å². The maximum absolute atomic E-state index is 14.6. The van der Waals surface area contributed by atoms with E-state index in [4.69, 9.17) is 0 Å². The summed E-state index contributed by atoms with van der Waals surface area (Å²) in [6.07, 6.45) is 7.95. The molecule has 0 atom stereocenters. The quantitative estimate of drug-likeness (QED) is 0.186. The number of H-pyrrole nitrogens is 2. The molecule has 12 heteroatoms. The van der Waals surface area contributed by atoms with Crippen molar-refractivity contribution in [3.05, 3.63) is 84.6 Å². The first-order valence-corrected chi connectivity index (χ1v) is 15.6. The van der Waals surface area contributed by atoms with Crippen LogP contribution in [-0.4, -0.2) is 45.7 Å². The van der Waals surface area contributed by atoms with E-state index < -0.39 is 15.8 Å². The number of fused-ring (bicyclic) bond motifs is 2. The third-order valence-electron chi connectivity index (χ3n) is 7.44. The van der Waals surface area contributed by atoms with Gasteiger partial charge in [0, 0.05) is 41.2 Å². The lowest BCUT2D eigenvalue weighted by molar-refractivity contribution is -0.117. The van der Waals surface area contributed by atoms with E-state index in [0.29, 0.717) is 28.2 Å². The predicted molar refractivity (Wildman–Crippen MR) is 163 cm³/mol. The van der Waals surface area contributed by atoms with E-state index in [1.165, 1.54) is 12.1 Å². The summed E-state index contributed by atoms with van der Waals surface area (Å²) in [6, 6.07) is 16.0. The van der Waals surface area contributed by atoms with Gasteiger partial charge in [-0.05, 0) is 83.6 Å². The predicted octanol–water partition coefficient (Wildman–Crippen LogP) is 5.37. The summed E-state index contributed by atoms with van der Waals surface area (Å²) in [5, 5.41) is 12.2. The number of amides is 1. The Morgan fingerprint density at radius 1 is 1.00 bits per heavy atom. The zero-order valence-corrected chi connectivity index (χ0v) is 23.8. The van der Waals surface area contributed by atoms with Crippen LogP contribution < -0.4 is 10.0 Å². The molecule has 6 aromatic rings. The SMILES string of the molecule is CS(=O)(=O)NCc1cc(F)cc(-c2ccnc3[nH]c(-c4n[nH]c5ccc(-c6cncc(NC(=O)C7CC7)c6)cc45)cc23)c1. The highest BCUT2D eigenvalue weighted by molar-refractivity contribution is 7.88. The Morgan fingerprint density at radius 2 is 1.86 bits per heavy atom. The normalized spacial score (nSPS) is 13.5. The number of rotatable bonds is 8. The minimum atomic E-state index is -3.43. The van der Waals surface area contributed by atoms with E-state index in [1.807, 2.05) is 30.3 Å². The molecule has 1 aliphatic carbocycles. The molecule has 0 unspecified atom stereocenters. The number of hydrogen-bond donors (Lipinski definition) is 4. The highest BCUT2D eigenvalue weighted by Gasteiger charge is 2.29. The summed E-state index contributed by atoms with van der Waals surface area (Å²) in [7, 11) is -3.43. The van der Waals surface area contributed by atoms with E-state index in [0.717, 1.165) is 57.8 Å². The Bertz CT molecular complexity index is 2150. The highest BCUT2D eigenvalue weighted by atomic mass is 32.2. The van der Waals surface area contributed by atoms with Crippen LogP contribution in [0, 0.1) is 11.7 Å². The van der Waals surface area contributed by atoms with Crippen LogP contribution in [0.15, 0.2) is 73.2 Å². The fraction of sp³-hybridized carbons (Fsp3) is 0.161. The van der Waals surface area contributed by atoms with Gasteiger partial charge in [-0.25, -0.2) is 22.5 Å². The van der Waals surface area contributed by atoms with Gasteiger partial charge >= 0.3 is 0 Å². The third kappa shape index (κ3) is 5.62. The smallest absolute Gasteiger partial charge is 0.227 e. The lowest BCUT2D eigenvalue weighted by atomic mass is 10.0. The molecule has 0 spiro atoms. The third-order valence-corrected chi connectivity index (χ3v) is 8.11. The van der Waals surface area contributed by atoms with Crippen LogP contribution in [0.25, 0.3) is 55.6 Å². The van der Waals surface area contributed by atoms with Crippen molar-refractivity contribution in [2.45, 2.75) is 19.4 Å². The second kappa shape index (κ2) is 10.4. The Kier molecular flexibility index (Phi) is 6.51. The number of hydrogen-bond acceptors (Lipinski definition) is 6. The summed E-state index contributed by atoms with van der Waals surface area (Å²) in [4.78, 5) is 24.4. The van der Waals surface area contributed by atoms with Crippen molar-refractivity contribution in [1.29, 1.82) is 0 Å². The molecular weight excluding hydrogens is 569 g/mol. The van der Waals surface area contributed by atoms with Crippen molar-refractivity contribution in [2.24, 2.45) is 5.92 Å². The molecule has 2 aromatic carbocycles. The number of aromatic amines is 2. The molecule has 0 bridgehead atoms. The second-order valence-corrected chi connectivity index (χ2v) is 12.6. The van der Waals surface area contributed by atoms with Gasteiger partial charge in [-0.1, -0.05) is 6.07 Å². The highest BCUT2D eigenvalue weighted by Crippen LogP contribution is 2.36. The van der Waals surface area contributed by atoms with Gasteiger partial charge in [0.2, 0.25) is 15.9 Å². The molecule has 1 aliphatic rings. The van der Waals surface area contributed by atoms with Crippen LogP contribution in [0.1, 0.15) is 18.4 Å². The first-order chi connectivity index (χ1) is 20.7. The number of carbonyl (C=O) groups excluding carboxylic acids is 1. The zero-order chi connectivity index (χ0) is 29.7. The van der Waals surface area contributed by atoms with Gasteiger partial charge in [0.1, 0.15) is 17.2 Å². The van der Waals surface area contributed by atoms with Crippen molar-refractivity contribution in [2.75, 3.05) is 11.6 Å². The first-order valence-electron chi connectivity index (χ1n) is 13.7. The summed E-state index contributed by atoms with van der Waals surface area (Å²) in [6.45, 7) is -0.0247. The minimum Gasteiger partial charge on any atom is -0.338 e. The van der Waals surface area contributed by atoms with Crippen LogP contribution in [0.5, 0.6) is 0 Å². The van der Waals surface area contributed by atoms with Gasteiger partial charge in [0.05, 0.1) is 29.4 Å². The van der Waals surface area contributed by atoms with Crippen LogP contribution in [0.2, 0.25) is 0 Å². The minimum absolute atomic E-state index is 0.0247. The number of sulfonamides is 1. The molecule has 1 amide bonds. The number of pyridine rings is 2. The van der Waals surface area contributed by atoms with E-state index in [1.54, 1.807) is 30.7 Å². The van der Waals surface area contributed by atoms with Crippen molar-refractivity contribution in [3.63, 3.8) is 0 Å². The standard InChI is InChI=1S/C31H26FN7O3S/c1-43(41,42)35-14-17-8-20(10-22(32)9-17)24-6-7-34-30-25(24)13-28(37-30)29-26-12-19(4-5-27(26)38-39-29)21-11-23(16-33-15-21)36-31(40)18-2-3-18/h4-13,15-16,18,35H,2-3,14H2,1H3,(H,34,37)(H,36,40)(H,38,39). The van der Waals surface area contributed by atoms with Gasteiger partial charge in [-0.2, -0.15) is 5.10 Å². The molecule has 216 valence electrons. The summed E-state index contributed by atoms with van der Waals surface area (Å²) < 4.78 is 40.1. The number of carbonyl (C=O) groups is 1. The molecule has 0 saturated heterocycles. The molecule has 0 aliphatic heterocycles. The van der Waals surface area contributed by atoms with Gasteiger partial charge in [-0.3, -0.25) is 14.9 Å². The molecule has 7 rings (SSSR count).